The molecule has 0 bridgehead atoms. The van der Waals surface area contributed by atoms with Gasteiger partial charge >= 0.3 is 0 Å². The maximum absolute atomic E-state index is 10.6. The fourth-order valence-corrected chi connectivity index (χ4v) is 1.22. The first-order chi connectivity index (χ1) is 5.97. The number of aromatic nitrogens is 1. The zero-order valence-electron chi connectivity index (χ0n) is 7.52. The van der Waals surface area contributed by atoms with Crippen LogP contribution in [0.1, 0.15) is 11.1 Å². The lowest BCUT2D eigenvalue weighted by atomic mass is 10.2. The van der Waals surface area contributed by atoms with Crippen LogP contribution < -0.4 is 0 Å². The van der Waals surface area contributed by atoms with E-state index in [4.69, 9.17) is 0 Å². The topological polar surface area (TPSA) is 56.3 Å². The number of aryl methyl sites for hydroxylation is 1. The van der Waals surface area contributed by atoms with Crippen molar-refractivity contribution in [1.29, 1.82) is 0 Å². The highest BCUT2D eigenvalue weighted by molar-refractivity contribution is 7.85. The average Bonchev–Trinajstić information content (AvgIpc) is 2.00. The minimum Gasteiger partial charge on any atom is -0.265 e. The minimum atomic E-state index is -3.36. The Balaban J connectivity index is 2.65. The molecule has 0 radical (unpaired) electrons. The Morgan fingerprint density at radius 3 is 2.69 bits per heavy atom. The van der Waals surface area contributed by atoms with Crippen LogP contribution in [0.25, 0.3) is 0 Å². The monoisotopic (exact) mass is 201 g/mol. The van der Waals surface area contributed by atoms with Gasteiger partial charge in [0.05, 0.1) is 12.9 Å². The van der Waals surface area contributed by atoms with Crippen molar-refractivity contribution in [2.24, 2.45) is 0 Å². The molecule has 0 saturated heterocycles. The number of hydrogen-bond acceptors (Lipinski definition) is 4. The van der Waals surface area contributed by atoms with Crippen molar-refractivity contribution in [2.75, 3.05) is 6.26 Å². The summed E-state index contributed by atoms with van der Waals surface area (Å²) in [6.45, 7) is 1.93. The van der Waals surface area contributed by atoms with Gasteiger partial charge in [-0.2, -0.15) is 8.42 Å². The van der Waals surface area contributed by atoms with Crippen LogP contribution in [0.4, 0.5) is 0 Å². The van der Waals surface area contributed by atoms with E-state index in [0.29, 0.717) is 0 Å². The maximum atomic E-state index is 10.6. The molecule has 0 atom stereocenters. The van der Waals surface area contributed by atoms with Gasteiger partial charge in [-0.05, 0) is 18.1 Å². The fraction of sp³-hybridized carbons (Fsp3) is 0.375. The quantitative estimate of drug-likeness (QED) is 0.681. The molecule has 0 aliphatic rings. The predicted octanol–water partition coefficient (Wildman–Crippen LogP) is 0.866. The van der Waals surface area contributed by atoms with Crippen LogP contribution in [-0.4, -0.2) is 19.7 Å². The number of pyridine rings is 1. The van der Waals surface area contributed by atoms with E-state index in [1.807, 2.05) is 13.0 Å². The van der Waals surface area contributed by atoms with E-state index < -0.39 is 10.1 Å². The highest BCUT2D eigenvalue weighted by Crippen LogP contribution is 2.04. The summed E-state index contributed by atoms with van der Waals surface area (Å²) in [4.78, 5) is 3.91. The van der Waals surface area contributed by atoms with E-state index in [9.17, 15) is 8.42 Å². The summed E-state index contributed by atoms with van der Waals surface area (Å²) in [5.74, 6) is 0. The molecule has 1 aromatic heterocycles. The lowest BCUT2D eigenvalue weighted by Gasteiger charge is -2.01. The summed E-state index contributed by atoms with van der Waals surface area (Å²) >= 11 is 0. The molecule has 72 valence electrons. The molecule has 0 aromatic carbocycles. The molecule has 5 heteroatoms. The van der Waals surface area contributed by atoms with E-state index in [1.165, 1.54) is 0 Å². The van der Waals surface area contributed by atoms with E-state index in [-0.39, 0.29) is 6.61 Å². The molecule has 1 rings (SSSR count). The Labute approximate surface area is 77.7 Å². The fourth-order valence-electron chi connectivity index (χ4n) is 0.872. The molecule has 0 unspecified atom stereocenters. The van der Waals surface area contributed by atoms with Crippen LogP contribution in [0.3, 0.4) is 0 Å². The summed E-state index contributed by atoms with van der Waals surface area (Å²) in [5.41, 5.74) is 1.74. The van der Waals surface area contributed by atoms with Crippen molar-refractivity contribution in [3.8, 4) is 0 Å². The first-order valence-corrected chi connectivity index (χ1v) is 5.54. The van der Waals surface area contributed by atoms with Crippen LogP contribution in [0.2, 0.25) is 0 Å². The summed E-state index contributed by atoms with van der Waals surface area (Å²) in [6.07, 6.45) is 4.30. The van der Waals surface area contributed by atoms with E-state index in [2.05, 4.69) is 9.17 Å². The Hall–Kier alpha value is -0.940. The molecule has 0 fully saturated rings. The summed E-state index contributed by atoms with van der Waals surface area (Å²) in [7, 11) is -3.36. The summed E-state index contributed by atoms with van der Waals surface area (Å²) < 4.78 is 25.9. The standard InChI is InChI=1S/C8H11NO3S/c1-7-3-8(5-9-4-7)6-12-13(2,10)11/h3-5H,6H2,1-2H3. The van der Waals surface area contributed by atoms with Gasteiger partial charge in [0, 0.05) is 12.4 Å². The molecule has 0 aliphatic heterocycles. The van der Waals surface area contributed by atoms with Crippen molar-refractivity contribution >= 4 is 10.1 Å². The highest BCUT2D eigenvalue weighted by atomic mass is 32.2. The average molecular weight is 201 g/mol. The van der Waals surface area contributed by atoms with Gasteiger partial charge in [-0.25, -0.2) is 0 Å². The van der Waals surface area contributed by atoms with Gasteiger partial charge in [0.1, 0.15) is 0 Å². The summed E-state index contributed by atoms with van der Waals surface area (Å²) in [6, 6.07) is 1.83. The smallest absolute Gasteiger partial charge is 0.264 e. The van der Waals surface area contributed by atoms with Gasteiger partial charge in [-0.3, -0.25) is 9.17 Å². The zero-order valence-corrected chi connectivity index (χ0v) is 8.34. The van der Waals surface area contributed by atoms with Crippen molar-refractivity contribution in [3.05, 3.63) is 29.6 Å². The first kappa shape index (κ1) is 10.1. The van der Waals surface area contributed by atoms with Gasteiger partial charge in [0.2, 0.25) is 0 Å². The Bertz CT molecular complexity index is 386. The second kappa shape index (κ2) is 3.85. The third-order valence-electron chi connectivity index (χ3n) is 1.37. The molecule has 1 heterocycles. The molecule has 0 spiro atoms. The molecular weight excluding hydrogens is 190 g/mol. The highest BCUT2D eigenvalue weighted by Gasteiger charge is 2.02. The Kier molecular flexibility index (Phi) is 3.00. The normalized spacial score (nSPS) is 11.5. The second-order valence-electron chi connectivity index (χ2n) is 2.84. The summed E-state index contributed by atoms with van der Waals surface area (Å²) in [5, 5.41) is 0. The van der Waals surface area contributed by atoms with Crippen molar-refractivity contribution < 1.29 is 12.6 Å². The molecule has 0 amide bonds. The van der Waals surface area contributed by atoms with E-state index >= 15 is 0 Å². The maximum Gasteiger partial charge on any atom is 0.264 e. The van der Waals surface area contributed by atoms with Crippen LogP contribution >= 0.6 is 0 Å². The van der Waals surface area contributed by atoms with Crippen molar-refractivity contribution in [1.82, 2.24) is 4.98 Å². The lowest BCUT2D eigenvalue weighted by molar-refractivity contribution is 0.311. The first-order valence-electron chi connectivity index (χ1n) is 3.72. The Morgan fingerprint density at radius 1 is 1.46 bits per heavy atom. The molecule has 1 aromatic rings. The van der Waals surface area contributed by atoms with Gasteiger partial charge in [-0.1, -0.05) is 6.07 Å². The largest absolute Gasteiger partial charge is 0.265 e. The number of rotatable bonds is 3. The van der Waals surface area contributed by atoms with Crippen LogP contribution in [0.15, 0.2) is 18.5 Å². The van der Waals surface area contributed by atoms with E-state index in [1.54, 1.807) is 12.4 Å². The van der Waals surface area contributed by atoms with Crippen molar-refractivity contribution in [2.45, 2.75) is 13.5 Å². The van der Waals surface area contributed by atoms with Crippen LogP contribution in [-0.2, 0) is 20.9 Å². The van der Waals surface area contributed by atoms with Crippen LogP contribution in [0, 0.1) is 6.92 Å². The molecule has 0 N–H and O–H groups in total. The number of nitrogens with zero attached hydrogens (tertiary/aromatic N) is 1. The van der Waals surface area contributed by atoms with Gasteiger partial charge in [-0.15, -0.1) is 0 Å². The van der Waals surface area contributed by atoms with Crippen LogP contribution in [0.5, 0.6) is 0 Å². The van der Waals surface area contributed by atoms with Crippen molar-refractivity contribution in [3.63, 3.8) is 0 Å². The Morgan fingerprint density at radius 2 is 2.15 bits per heavy atom. The molecule has 13 heavy (non-hydrogen) atoms. The lowest BCUT2D eigenvalue weighted by Crippen LogP contribution is -2.02. The third kappa shape index (κ3) is 4.00. The molecule has 0 aliphatic carbocycles. The molecule has 4 nitrogen and oxygen atoms in total. The molecule has 0 saturated carbocycles. The second-order valence-corrected chi connectivity index (χ2v) is 4.48. The predicted molar refractivity (Wildman–Crippen MR) is 48.6 cm³/mol. The van der Waals surface area contributed by atoms with E-state index in [0.717, 1.165) is 17.4 Å². The SMILES string of the molecule is Cc1cncc(COS(C)(=O)=O)c1. The van der Waals surface area contributed by atoms with Gasteiger partial charge in [0.15, 0.2) is 0 Å². The number of hydrogen-bond donors (Lipinski definition) is 0. The molecular formula is C8H11NO3S. The van der Waals surface area contributed by atoms with Gasteiger partial charge < -0.3 is 0 Å². The third-order valence-corrected chi connectivity index (χ3v) is 1.92. The zero-order chi connectivity index (χ0) is 9.90. The minimum absolute atomic E-state index is 0.0491. The van der Waals surface area contributed by atoms with Gasteiger partial charge in [0.25, 0.3) is 10.1 Å².